The minimum Gasteiger partial charge on any atom is -0.481 e. The van der Waals surface area contributed by atoms with Gasteiger partial charge in [-0.05, 0) is 164 Å². The predicted molar refractivity (Wildman–Crippen MR) is 290 cm³/mol. The maximum Gasteiger partial charge on any atom is 0.311 e. The lowest BCUT2D eigenvalue weighted by Crippen LogP contribution is -2.43. The fourth-order valence-corrected chi connectivity index (χ4v) is 9.01. The largest absolute Gasteiger partial charge is 0.481 e. The average Bonchev–Trinajstić information content (AvgIpc) is 4.19. The fourth-order valence-electron chi connectivity index (χ4n) is 8.57. The molecule has 4 atom stereocenters. The van der Waals surface area contributed by atoms with Crippen LogP contribution in [0.3, 0.4) is 0 Å². The third-order valence-electron chi connectivity index (χ3n) is 12.5. The van der Waals surface area contributed by atoms with Crippen LogP contribution >= 0.6 is 24.4 Å². The van der Waals surface area contributed by atoms with Crippen LogP contribution in [0, 0.1) is 10.8 Å². The quantitative estimate of drug-likeness (QED) is 0.0447. The van der Waals surface area contributed by atoms with Gasteiger partial charge in [0.25, 0.3) is 0 Å². The van der Waals surface area contributed by atoms with Gasteiger partial charge in [-0.15, -0.1) is 10.2 Å². The monoisotopic (exact) mass is 1030 g/mol. The number of carbonyl (C=O) groups excluding carboxylic acids is 1. The molecule has 4 saturated heterocycles. The van der Waals surface area contributed by atoms with Crippen molar-refractivity contribution >= 4 is 80.6 Å². The van der Waals surface area contributed by atoms with Gasteiger partial charge in [0.15, 0.2) is 33.5 Å². The molecule has 0 spiro atoms. The Morgan fingerprint density at radius 1 is 0.644 bits per heavy atom. The number of carboxylic acid groups (broad SMARTS) is 1. The van der Waals surface area contributed by atoms with Crippen molar-refractivity contribution in [2.75, 3.05) is 72.9 Å². The first-order chi connectivity index (χ1) is 34.9. The number of carboxylic acids is 1. The standard InChI is InChI=1S/C26H32N6O3S.C21H24N6O2S.C5H10O2/c1-26(2,3)24(33)34-14-12-27-25(36)28-18-8-6-17(7-9-18)22-29-23(21-5-4-13-32(21)30-22)31-15-19-10-11-20(16-31)35-19;28-11-9-22-21(30)23-15-5-3-14(4-6-15)19-24-20(18-2-1-10-27(18)25-19)26-12-16-7-8-17(13-26)29-16;1-5(2,3)4(6)7/h4-9,13,19-20H,10-12,14-16H2,1-3H3,(H2,27,28,36);1-6,10,16-17,28H,7-9,11-13H2,(H2,22,23,30);1-3H3,(H,6,7)/t19-,20+;16-,17+;. The Bertz CT molecular complexity index is 2860. The molecule has 21 heteroatoms. The van der Waals surface area contributed by atoms with E-state index in [9.17, 15) is 9.59 Å². The Balaban J connectivity index is 0.000000174. The van der Waals surface area contributed by atoms with Crippen molar-refractivity contribution in [3.05, 3.63) is 85.2 Å². The number of aliphatic carboxylic acids is 1. The van der Waals surface area contributed by atoms with Gasteiger partial charge in [0.2, 0.25) is 0 Å². The number of hydrogen-bond acceptors (Lipinski definition) is 14. The molecule has 6 aromatic rings. The number of thiocarbonyl (C=S) groups is 2. The summed E-state index contributed by atoms with van der Waals surface area (Å²) < 4.78 is 21.1. The summed E-state index contributed by atoms with van der Waals surface area (Å²) in [6.45, 7) is 15.1. The molecule has 8 heterocycles. The number of ether oxygens (including phenoxy) is 3. The summed E-state index contributed by atoms with van der Waals surface area (Å²) in [5.41, 5.74) is 4.47. The van der Waals surface area contributed by atoms with Crippen LogP contribution in [0.4, 0.5) is 23.0 Å². The molecular weight excluding hydrogens is 969 g/mol. The van der Waals surface area contributed by atoms with E-state index >= 15 is 0 Å². The summed E-state index contributed by atoms with van der Waals surface area (Å²) in [4.78, 5) is 36.5. The SMILES string of the molecule is CC(C)(C)C(=O)O.CC(C)(C)C(=O)OCCNC(=S)Nc1ccc(-c2nc(N3C[C@H]4CC[C@@H](C3)O4)c3cccn3n2)cc1.OCCNC(=S)Nc1ccc(-c2nc(N3C[C@H]4CC[C@@H](C3)O4)c3cccn3n2)cc1. The summed E-state index contributed by atoms with van der Waals surface area (Å²) >= 11 is 10.6. The lowest BCUT2D eigenvalue weighted by atomic mass is 9.97. The topological polar surface area (TPSA) is 217 Å². The van der Waals surface area contributed by atoms with Crippen molar-refractivity contribution in [1.82, 2.24) is 39.8 Å². The van der Waals surface area contributed by atoms with E-state index in [1.165, 1.54) is 0 Å². The van der Waals surface area contributed by atoms with Crippen LogP contribution in [0.15, 0.2) is 85.2 Å². The third-order valence-corrected chi connectivity index (χ3v) is 13.0. The number of carbonyl (C=O) groups is 2. The Labute approximate surface area is 436 Å². The molecule has 0 radical (unpaired) electrons. The second kappa shape index (κ2) is 23.1. The molecular formula is C52H66N12O7S2. The van der Waals surface area contributed by atoms with Gasteiger partial charge >= 0.3 is 11.9 Å². The van der Waals surface area contributed by atoms with E-state index < -0.39 is 16.8 Å². The number of anilines is 4. The second-order valence-electron chi connectivity index (χ2n) is 20.5. The summed E-state index contributed by atoms with van der Waals surface area (Å²) in [6, 6.07) is 23.8. The van der Waals surface area contributed by atoms with Crippen LogP contribution in [0.25, 0.3) is 33.8 Å². The molecule has 388 valence electrons. The van der Waals surface area contributed by atoms with Gasteiger partial charge in [0.05, 0.1) is 48.4 Å². The van der Waals surface area contributed by atoms with Crippen molar-refractivity contribution in [3.8, 4) is 22.8 Å². The van der Waals surface area contributed by atoms with Crippen molar-refractivity contribution in [2.45, 2.75) is 91.6 Å². The summed E-state index contributed by atoms with van der Waals surface area (Å²) in [5.74, 6) is 2.27. The zero-order chi connectivity index (χ0) is 51.9. The number of nitrogens with zero attached hydrogens (tertiary/aromatic N) is 8. The van der Waals surface area contributed by atoms with Gasteiger partial charge in [-0.25, -0.2) is 19.0 Å². The van der Waals surface area contributed by atoms with Crippen molar-refractivity contribution in [1.29, 1.82) is 0 Å². The molecule has 0 saturated carbocycles. The van der Waals surface area contributed by atoms with Crippen molar-refractivity contribution in [3.63, 3.8) is 0 Å². The average molecular weight is 1040 g/mol. The zero-order valence-corrected chi connectivity index (χ0v) is 43.8. The summed E-state index contributed by atoms with van der Waals surface area (Å²) in [6.07, 6.45) is 9.55. The van der Waals surface area contributed by atoms with E-state index in [2.05, 4.69) is 43.2 Å². The third kappa shape index (κ3) is 13.8. The van der Waals surface area contributed by atoms with Gasteiger partial charge in [0.1, 0.15) is 17.6 Å². The van der Waals surface area contributed by atoms with Crippen LogP contribution < -0.4 is 31.1 Å². The Kier molecular flexibility index (Phi) is 16.7. The minimum atomic E-state index is -0.757. The molecule has 0 unspecified atom stereocenters. The number of aliphatic hydroxyl groups is 1. The van der Waals surface area contributed by atoms with Crippen LogP contribution in [0.1, 0.15) is 67.2 Å². The van der Waals surface area contributed by atoms with Gasteiger partial charge in [0, 0.05) is 67.6 Å². The molecule has 2 aromatic carbocycles. The van der Waals surface area contributed by atoms with Gasteiger partial charge in [-0.2, -0.15) is 0 Å². The molecule has 73 heavy (non-hydrogen) atoms. The molecule has 0 aliphatic carbocycles. The number of aliphatic hydroxyl groups excluding tert-OH is 1. The van der Waals surface area contributed by atoms with E-state index in [1.807, 2.05) is 103 Å². The molecule has 4 bridgehead atoms. The summed E-state index contributed by atoms with van der Waals surface area (Å²) in [5, 5.41) is 39.7. The number of aromatic nitrogens is 6. The number of benzene rings is 2. The van der Waals surface area contributed by atoms with Crippen LogP contribution in [0.2, 0.25) is 0 Å². The highest BCUT2D eigenvalue weighted by atomic mass is 32.1. The number of nitrogens with one attached hydrogen (secondary N) is 4. The maximum absolute atomic E-state index is 11.8. The van der Waals surface area contributed by atoms with E-state index in [0.29, 0.717) is 47.2 Å². The van der Waals surface area contributed by atoms with Crippen molar-refractivity contribution < 1.29 is 34.0 Å². The molecule has 6 N–H and O–H groups in total. The van der Waals surface area contributed by atoms with E-state index in [1.54, 1.807) is 20.8 Å². The predicted octanol–water partition coefficient (Wildman–Crippen LogP) is 6.80. The van der Waals surface area contributed by atoms with Gasteiger partial charge in [-0.1, -0.05) is 0 Å². The normalized spacial score (nSPS) is 19.1. The zero-order valence-electron chi connectivity index (χ0n) is 42.2. The first kappa shape index (κ1) is 52.8. The molecule has 0 amide bonds. The molecule has 4 aromatic heterocycles. The lowest BCUT2D eigenvalue weighted by Gasteiger charge is -2.33. The first-order valence-electron chi connectivity index (χ1n) is 24.7. The molecule has 4 fully saturated rings. The second-order valence-corrected chi connectivity index (χ2v) is 21.3. The van der Waals surface area contributed by atoms with Crippen molar-refractivity contribution in [2.24, 2.45) is 10.8 Å². The highest BCUT2D eigenvalue weighted by molar-refractivity contribution is 7.80. The Morgan fingerprint density at radius 2 is 1.04 bits per heavy atom. The molecule has 19 nitrogen and oxygen atoms in total. The number of rotatable bonds is 11. The molecule has 10 rings (SSSR count). The van der Waals surface area contributed by atoms with E-state index in [0.717, 1.165) is 97.0 Å². The Hall–Kier alpha value is -6.52. The number of esters is 1. The highest BCUT2D eigenvalue weighted by Crippen LogP contribution is 2.34. The van der Waals surface area contributed by atoms with Crippen LogP contribution in [-0.2, 0) is 23.8 Å². The maximum atomic E-state index is 11.8. The minimum absolute atomic E-state index is 0.0347. The van der Waals surface area contributed by atoms with Crippen LogP contribution in [0.5, 0.6) is 0 Å². The number of morpholine rings is 2. The van der Waals surface area contributed by atoms with Gasteiger partial charge < -0.3 is 55.5 Å². The number of hydrogen-bond donors (Lipinski definition) is 6. The smallest absolute Gasteiger partial charge is 0.311 e. The number of fused-ring (bicyclic) bond motifs is 6. The van der Waals surface area contributed by atoms with Crippen LogP contribution in [-0.4, -0.2) is 138 Å². The lowest BCUT2D eigenvalue weighted by molar-refractivity contribution is -0.152. The highest BCUT2D eigenvalue weighted by Gasteiger charge is 2.36. The van der Waals surface area contributed by atoms with E-state index in [4.69, 9.17) is 69.0 Å². The van der Waals surface area contributed by atoms with Gasteiger partial charge in [-0.3, -0.25) is 9.59 Å². The Morgan fingerprint density at radius 3 is 1.41 bits per heavy atom. The summed E-state index contributed by atoms with van der Waals surface area (Å²) in [7, 11) is 0. The van der Waals surface area contributed by atoms with E-state index in [-0.39, 0.29) is 31.4 Å². The molecule has 4 aliphatic rings. The first-order valence-corrected chi connectivity index (χ1v) is 25.6. The fraction of sp³-hybridized carbons (Fsp3) is 0.462. The molecule has 4 aliphatic heterocycles.